The molecule has 4 rings (SSSR count). The van der Waals surface area contributed by atoms with Crippen LogP contribution >= 0.6 is 0 Å². The number of methoxy groups -OCH3 is 1. The Morgan fingerprint density at radius 3 is 2.65 bits per heavy atom. The van der Waals surface area contributed by atoms with Crippen molar-refractivity contribution in [2.45, 2.75) is 13.5 Å². The zero-order chi connectivity index (χ0) is 22.0. The standard InChI is InChI=1S/C22H21N5O4/c1-14-8-9-23-22-24-20(25-27(14)22)21(29)31-13-19(28)26(2)12-15-4-5-17-11-18(30-3)7-6-16(17)10-15/h4-11H,12-13H2,1-3H3. The van der Waals surface area contributed by atoms with Crippen molar-refractivity contribution in [3.05, 3.63) is 65.7 Å². The van der Waals surface area contributed by atoms with E-state index in [2.05, 4.69) is 15.1 Å². The minimum absolute atomic E-state index is 0.137. The summed E-state index contributed by atoms with van der Waals surface area (Å²) in [6.07, 6.45) is 1.58. The number of likely N-dealkylation sites (N-methyl/N-ethyl adjacent to an activating group) is 1. The van der Waals surface area contributed by atoms with Gasteiger partial charge in [-0.25, -0.2) is 14.3 Å². The van der Waals surface area contributed by atoms with E-state index in [-0.39, 0.29) is 11.7 Å². The Morgan fingerprint density at radius 2 is 1.87 bits per heavy atom. The molecule has 31 heavy (non-hydrogen) atoms. The molecule has 0 fully saturated rings. The maximum atomic E-state index is 12.4. The Balaban J connectivity index is 1.37. The maximum Gasteiger partial charge on any atom is 0.378 e. The van der Waals surface area contributed by atoms with Crippen LogP contribution in [-0.2, 0) is 16.1 Å². The Hall–Kier alpha value is -4.01. The van der Waals surface area contributed by atoms with Crippen molar-refractivity contribution < 1.29 is 19.1 Å². The highest BCUT2D eigenvalue weighted by Crippen LogP contribution is 2.22. The van der Waals surface area contributed by atoms with E-state index in [1.807, 2.05) is 43.3 Å². The summed E-state index contributed by atoms with van der Waals surface area (Å²) >= 11 is 0. The van der Waals surface area contributed by atoms with Crippen molar-refractivity contribution in [1.29, 1.82) is 0 Å². The number of fused-ring (bicyclic) bond motifs is 2. The fraction of sp³-hybridized carbons (Fsp3) is 0.227. The molecule has 4 aromatic rings. The molecule has 158 valence electrons. The van der Waals surface area contributed by atoms with Crippen molar-refractivity contribution in [3.8, 4) is 5.75 Å². The normalized spacial score (nSPS) is 10.9. The summed E-state index contributed by atoms with van der Waals surface area (Å²) < 4.78 is 11.8. The highest BCUT2D eigenvalue weighted by Gasteiger charge is 2.19. The molecule has 0 radical (unpaired) electrons. The lowest BCUT2D eigenvalue weighted by Crippen LogP contribution is -2.31. The quantitative estimate of drug-likeness (QED) is 0.443. The van der Waals surface area contributed by atoms with Crippen LogP contribution in [0.25, 0.3) is 16.6 Å². The predicted octanol–water partition coefficient (Wildman–Crippen LogP) is 2.41. The van der Waals surface area contributed by atoms with Crippen LogP contribution in [0.2, 0.25) is 0 Å². The Labute approximate surface area is 178 Å². The number of benzene rings is 2. The van der Waals surface area contributed by atoms with Gasteiger partial charge in [0.1, 0.15) is 5.75 Å². The molecule has 0 aliphatic rings. The number of carbonyl (C=O) groups is 2. The second kappa shape index (κ2) is 8.39. The highest BCUT2D eigenvalue weighted by molar-refractivity contribution is 5.88. The lowest BCUT2D eigenvalue weighted by molar-refractivity contribution is -0.133. The van der Waals surface area contributed by atoms with Crippen LogP contribution in [0.5, 0.6) is 5.75 Å². The third kappa shape index (κ3) is 4.30. The minimum Gasteiger partial charge on any atom is -0.497 e. The summed E-state index contributed by atoms with van der Waals surface area (Å²) in [6, 6.07) is 13.5. The monoisotopic (exact) mass is 419 g/mol. The molecule has 0 aliphatic carbocycles. The van der Waals surface area contributed by atoms with E-state index in [1.165, 1.54) is 9.42 Å². The van der Waals surface area contributed by atoms with Gasteiger partial charge in [-0.3, -0.25) is 4.79 Å². The van der Waals surface area contributed by atoms with Crippen LogP contribution in [0.15, 0.2) is 48.7 Å². The summed E-state index contributed by atoms with van der Waals surface area (Å²) in [6.45, 7) is 1.80. The van der Waals surface area contributed by atoms with Gasteiger partial charge in [-0.1, -0.05) is 18.2 Å². The second-order valence-electron chi connectivity index (χ2n) is 7.11. The second-order valence-corrected chi connectivity index (χ2v) is 7.11. The first-order chi connectivity index (χ1) is 14.9. The van der Waals surface area contributed by atoms with Crippen molar-refractivity contribution in [2.24, 2.45) is 0 Å². The number of aryl methyl sites for hydroxylation is 1. The van der Waals surface area contributed by atoms with E-state index in [9.17, 15) is 9.59 Å². The van der Waals surface area contributed by atoms with Crippen molar-refractivity contribution in [1.82, 2.24) is 24.5 Å². The van der Waals surface area contributed by atoms with Gasteiger partial charge in [0.2, 0.25) is 0 Å². The van der Waals surface area contributed by atoms with Crippen LogP contribution in [0.1, 0.15) is 21.9 Å². The number of amides is 1. The molecule has 0 spiro atoms. The largest absolute Gasteiger partial charge is 0.497 e. The molecule has 2 aromatic heterocycles. The van der Waals surface area contributed by atoms with E-state index in [0.29, 0.717) is 12.3 Å². The molecule has 0 atom stereocenters. The average molecular weight is 419 g/mol. The van der Waals surface area contributed by atoms with Crippen LogP contribution in [-0.4, -0.2) is 57.1 Å². The molecule has 2 aromatic carbocycles. The zero-order valence-electron chi connectivity index (χ0n) is 17.4. The minimum atomic E-state index is -0.772. The number of carbonyl (C=O) groups excluding carboxylic acids is 2. The molecule has 9 heteroatoms. The fourth-order valence-electron chi connectivity index (χ4n) is 3.16. The molecular weight excluding hydrogens is 398 g/mol. The number of hydrogen-bond acceptors (Lipinski definition) is 7. The van der Waals surface area contributed by atoms with Gasteiger partial charge in [0.25, 0.3) is 17.5 Å². The predicted molar refractivity (Wildman–Crippen MR) is 113 cm³/mol. The van der Waals surface area contributed by atoms with Crippen LogP contribution in [0.4, 0.5) is 0 Å². The molecule has 0 saturated heterocycles. The number of ether oxygens (including phenoxy) is 2. The number of esters is 1. The van der Waals surface area contributed by atoms with E-state index in [0.717, 1.165) is 27.8 Å². The van der Waals surface area contributed by atoms with Crippen molar-refractivity contribution >= 4 is 28.4 Å². The first-order valence-corrected chi connectivity index (χ1v) is 9.61. The van der Waals surface area contributed by atoms with E-state index >= 15 is 0 Å². The fourth-order valence-corrected chi connectivity index (χ4v) is 3.16. The van der Waals surface area contributed by atoms with Gasteiger partial charge in [0, 0.05) is 25.5 Å². The highest BCUT2D eigenvalue weighted by atomic mass is 16.5. The van der Waals surface area contributed by atoms with Gasteiger partial charge >= 0.3 is 5.97 Å². The van der Waals surface area contributed by atoms with E-state index in [4.69, 9.17) is 9.47 Å². The smallest absolute Gasteiger partial charge is 0.378 e. The Kier molecular flexibility index (Phi) is 5.48. The lowest BCUT2D eigenvalue weighted by atomic mass is 10.1. The van der Waals surface area contributed by atoms with Crippen LogP contribution in [0, 0.1) is 6.92 Å². The first kappa shape index (κ1) is 20.3. The van der Waals surface area contributed by atoms with Crippen LogP contribution < -0.4 is 4.74 Å². The van der Waals surface area contributed by atoms with Crippen LogP contribution in [0.3, 0.4) is 0 Å². The Morgan fingerprint density at radius 1 is 1.10 bits per heavy atom. The number of rotatable bonds is 6. The third-order valence-electron chi connectivity index (χ3n) is 4.90. The maximum absolute atomic E-state index is 12.4. The molecule has 9 nitrogen and oxygen atoms in total. The molecule has 0 saturated carbocycles. The summed E-state index contributed by atoms with van der Waals surface area (Å²) in [5, 5.41) is 6.18. The zero-order valence-corrected chi connectivity index (χ0v) is 17.4. The van der Waals surface area contributed by atoms with Crippen molar-refractivity contribution in [2.75, 3.05) is 20.8 Å². The molecular formula is C22H21N5O4. The van der Waals surface area contributed by atoms with Gasteiger partial charge in [-0.15, -0.1) is 5.10 Å². The molecule has 0 unspecified atom stereocenters. The number of hydrogen-bond donors (Lipinski definition) is 0. The summed E-state index contributed by atoms with van der Waals surface area (Å²) in [5.74, 6) is -0.153. The summed E-state index contributed by atoms with van der Waals surface area (Å²) in [5.41, 5.74) is 1.74. The van der Waals surface area contributed by atoms with Crippen molar-refractivity contribution in [3.63, 3.8) is 0 Å². The molecule has 0 N–H and O–H groups in total. The summed E-state index contributed by atoms with van der Waals surface area (Å²) in [4.78, 5) is 34.3. The van der Waals surface area contributed by atoms with Gasteiger partial charge in [0.05, 0.1) is 7.11 Å². The third-order valence-corrected chi connectivity index (χ3v) is 4.90. The molecule has 1 amide bonds. The van der Waals surface area contributed by atoms with Gasteiger partial charge in [-0.2, -0.15) is 4.98 Å². The van der Waals surface area contributed by atoms with Gasteiger partial charge in [0.15, 0.2) is 6.61 Å². The summed E-state index contributed by atoms with van der Waals surface area (Å²) in [7, 11) is 3.29. The topological polar surface area (TPSA) is 98.9 Å². The van der Waals surface area contributed by atoms with E-state index < -0.39 is 12.6 Å². The van der Waals surface area contributed by atoms with Gasteiger partial charge in [-0.05, 0) is 47.5 Å². The Bertz CT molecular complexity index is 1280. The SMILES string of the molecule is COc1ccc2cc(CN(C)C(=O)COC(=O)c3nc4nccc(C)n4n3)ccc2c1. The molecule has 2 heterocycles. The van der Waals surface area contributed by atoms with E-state index in [1.54, 1.807) is 26.4 Å². The van der Waals surface area contributed by atoms with Gasteiger partial charge < -0.3 is 14.4 Å². The number of aromatic nitrogens is 4. The lowest BCUT2D eigenvalue weighted by Gasteiger charge is -2.17. The molecule has 0 aliphatic heterocycles. The molecule has 0 bridgehead atoms. The average Bonchev–Trinajstić information content (AvgIpc) is 3.22. The number of nitrogens with zero attached hydrogens (tertiary/aromatic N) is 5. The first-order valence-electron chi connectivity index (χ1n) is 9.61.